The number of hydrogen-bond donors (Lipinski definition) is 2. The van der Waals surface area contributed by atoms with Gasteiger partial charge in [0, 0.05) is 58.1 Å². The molecule has 1 amide bonds. The molecule has 59 heavy (non-hydrogen) atoms. The third kappa shape index (κ3) is 8.71. The minimum atomic E-state index is -0.935. The Hall–Kier alpha value is -1.98. The van der Waals surface area contributed by atoms with Gasteiger partial charge < -0.3 is 57.8 Å². The lowest BCUT2D eigenvalue weighted by Crippen LogP contribution is -2.61. The van der Waals surface area contributed by atoms with Crippen molar-refractivity contribution in [3.63, 3.8) is 0 Å². The number of hydrogen-bond acceptors (Lipinski definition) is 13. The zero-order chi connectivity index (χ0) is 41.4. The van der Waals surface area contributed by atoms with E-state index in [0.717, 1.165) is 49.7 Å². The number of aliphatic hydroxyl groups is 1. The number of fused-ring (bicyclic) bond motifs is 6. The molecule has 0 radical (unpaired) electrons. The first-order valence-corrected chi connectivity index (χ1v) is 22.5. The fraction of sp³-hybridized carbons (Fsp3) is 0.867. The van der Waals surface area contributed by atoms with Gasteiger partial charge in [0.25, 0.3) is 0 Å². The highest BCUT2D eigenvalue weighted by Gasteiger charge is 2.68. The van der Waals surface area contributed by atoms with Crippen molar-refractivity contribution in [3.05, 3.63) is 24.3 Å². The van der Waals surface area contributed by atoms with E-state index in [9.17, 15) is 14.7 Å². The summed E-state index contributed by atoms with van der Waals surface area (Å²) < 4.78 is 65.7. The quantitative estimate of drug-likeness (QED) is 0.357. The van der Waals surface area contributed by atoms with E-state index in [0.29, 0.717) is 25.7 Å². The first-order valence-electron chi connectivity index (χ1n) is 22.5. The van der Waals surface area contributed by atoms with Crippen molar-refractivity contribution in [2.45, 2.75) is 220 Å². The van der Waals surface area contributed by atoms with Gasteiger partial charge in [0.2, 0.25) is 0 Å². The second-order valence-corrected chi connectivity index (χ2v) is 20.1. The van der Waals surface area contributed by atoms with Crippen LogP contribution in [0.5, 0.6) is 0 Å². The number of methoxy groups -OCH3 is 1. The molecule has 0 aromatic rings. The molecule has 1 spiro atoms. The molecule has 10 aliphatic heterocycles. The molecule has 0 aromatic carbocycles. The van der Waals surface area contributed by atoms with Gasteiger partial charge in [-0.05, 0) is 82.8 Å². The fourth-order valence-electron chi connectivity index (χ4n) is 11.8. The van der Waals surface area contributed by atoms with E-state index in [1.165, 1.54) is 0 Å². The van der Waals surface area contributed by atoms with E-state index in [1.807, 2.05) is 0 Å². The van der Waals surface area contributed by atoms with Crippen molar-refractivity contribution < 1.29 is 62.1 Å². The Kier molecular flexibility index (Phi) is 11.9. The number of amides is 1. The van der Waals surface area contributed by atoms with Crippen molar-refractivity contribution in [1.29, 1.82) is 0 Å². The van der Waals surface area contributed by atoms with Gasteiger partial charge in [0.15, 0.2) is 5.79 Å². The standard InChI is InChI=1S/C45H67NO13/c1-22-14-27-8-10-31-23(2)15-29(51-31)12-13-45-20-36-39(57-45)40-41(56-36)42(58-45)38-32(55-40)11-9-28(53-38)16-25(47)17-30-34(19-33(52-27)24(22)3)54-35(37(30)50-7)18-26(48)21-46-43(49)59-44(4,5)6/h22,26-42,48H,2-3,8-21H2,1,4-7H3,(H,46,49)/t22-,26+,27+,28?,29?,30+,31?,32+,33?,34+,35-,36-,37-,38+,39+,40+,41-,42+,45+/m1/s1. The SMILES string of the molecule is C=C1CC2CC[C@@]34C[C@H]5O[C@H]6[C@@H](O3)[C@H]3OC(CC[C@@H]3O[C@H]6[C@H]5O4)CC(=O)C[C@@H]3[C@@H](OC)[C@@H](C[C@H](O)CNC(=O)OC(C)(C)C)O[C@H]3CC3O[C@@H](CCC1O2)C[C@@H](C)C3=C. The Bertz CT molecular complexity index is 1600. The highest BCUT2D eigenvalue weighted by atomic mass is 16.8. The topological polar surface area (TPSA) is 159 Å². The van der Waals surface area contributed by atoms with Crippen molar-refractivity contribution in [1.82, 2.24) is 5.32 Å². The first-order chi connectivity index (χ1) is 28.1. The van der Waals surface area contributed by atoms with Gasteiger partial charge in [-0.15, -0.1) is 0 Å². The highest BCUT2D eigenvalue weighted by Crippen LogP contribution is 2.54. The van der Waals surface area contributed by atoms with Crippen LogP contribution in [0.1, 0.15) is 111 Å². The van der Waals surface area contributed by atoms with Gasteiger partial charge in [0.1, 0.15) is 41.9 Å². The molecule has 14 nitrogen and oxygen atoms in total. The number of nitrogens with one attached hydrogen (secondary N) is 1. The number of rotatable bonds is 5. The molecule has 10 rings (SSSR count). The number of carbonyl (C=O) groups excluding carboxylic acids is 2. The van der Waals surface area contributed by atoms with Crippen molar-refractivity contribution in [2.75, 3.05) is 13.7 Å². The third-order valence-corrected chi connectivity index (χ3v) is 14.6. The van der Waals surface area contributed by atoms with Crippen LogP contribution in [-0.4, -0.2) is 140 Å². The molecule has 10 saturated heterocycles. The summed E-state index contributed by atoms with van der Waals surface area (Å²) in [4.78, 5) is 26.6. The lowest BCUT2D eigenvalue weighted by atomic mass is 9.81. The largest absolute Gasteiger partial charge is 0.444 e. The van der Waals surface area contributed by atoms with Gasteiger partial charge >= 0.3 is 6.09 Å². The van der Waals surface area contributed by atoms with Crippen LogP contribution in [0.15, 0.2) is 24.3 Å². The maximum atomic E-state index is 14.2. The molecule has 0 aliphatic carbocycles. The monoisotopic (exact) mass is 829 g/mol. The van der Waals surface area contributed by atoms with Gasteiger partial charge in [0.05, 0.1) is 67.1 Å². The molecule has 330 valence electrons. The second kappa shape index (κ2) is 16.6. The second-order valence-electron chi connectivity index (χ2n) is 20.1. The number of carbonyl (C=O) groups is 2. The lowest BCUT2D eigenvalue weighted by molar-refractivity contribution is -0.292. The molecule has 2 N–H and O–H groups in total. The van der Waals surface area contributed by atoms with Crippen LogP contribution >= 0.6 is 0 Å². The molecule has 4 unspecified atom stereocenters. The average molecular weight is 830 g/mol. The number of Topliss-reactive ketones (excluding diaryl/α,β-unsaturated/α-hetero) is 1. The number of alkyl carbamates (subject to hydrolysis) is 1. The number of aliphatic hydroxyl groups excluding tert-OH is 1. The Morgan fingerprint density at radius 1 is 0.831 bits per heavy atom. The molecular formula is C45H67NO13. The maximum Gasteiger partial charge on any atom is 0.407 e. The van der Waals surface area contributed by atoms with E-state index in [-0.39, 0.29) is 117 Å². The van der Waals surface area contributed by atoms with Gasteiger partial charge in [-0.2, -0.15) is 0 Å². The fourth-order valence-corrected chi connectivity index (χ4v) is 11.8. The number of ether oxygens (including phenoxy) is 10. The van der Waals surface area contributed by atoms with Gasteiger partial charge in [-0.25, -0.2) is 4.79 Å². The van der Waals surface area contributed by atoms with E-state index in [4.69, 9.17) is 47.4 Å². The van der Waals surface area contributed by atoms with Crippen LogP contribution in [0.4, 0.5) is 4.79 Å². The zero-order valence-electron chi connectivity index (χ0n) is 35.6. The minimum Gasteiger partial charge on any atom is -0.444 e. The molecule has 12 bridgehead atoms. The predicted molar refractivity (Wildman–Crippen MR) is 211 cm³/mol. The van der Waals surface area contributed by atoms with Crippen LogP contribution in [0.2, 0.25) is 0 Å². The van der Waals surface area contributed by atoms with Crippen LogP contribution in [0, 0.1) is 11.8 Å². The summed E-state index contributed by atoms with van der Waals surface area (Å²) in [5, 5.41) is 13.8. The van der Waals surface area contributed by atoms with Gasteiger partial charge in [-0.3, -0.25) is 4.79 Å². The smallest absolute Gasteiger partial charge is 0.407 e. The molecule has 14 heteroatoms. The molecule has 0 saturated carbocycles. The maximum absolute atomic E-state index is 14.2. The van der Waals surface area contributed by atoms with Crippen LogP contribution in [0.3, 0.4) is 0 Å². The van der Waals surface area contributed by atoms with Crippen molar-refractivity contribution >= 4 is 11.9 Å². The van der Waals surface area contributed by atoms with Crippen molar-refractivity contribution in [2.24, 2.45) is 11.8 Å². The Morgan fingerprint density at radius 2 is 1.56 bits per heavy atom. The minimum absolute atomic E-state index is 0.000416. The molecule has 0 aromatic heterocycles. The Labute approximate surface area is 348 Å². The Morgan fingerprint density at radius 3 is 2.36 bits per heavy atom. The summed E-state index contributed by atoms with van der Waals surface area (Å²) in [6, 6.07) is 0. The Balaban J connectivity index is 0.955. The third-order valence-electron chi connectivity index (χ3n) is 14.6. The van der Waals surface area contributed by atoms with Gasteiger partial charge in [-0.1, -0.05) is 20.1 Å². The normalized spacial score (nSPS) is 47.7. The summed E-state index contributed by atoms with van der Waals surface area (Å²) >= 11 is 0. The summed E-state index contributed by atoms with van der Waals surface area (Å²) in [5.74, 6) is -0.821. The summed E-state index contributed by atoms with van der Waals surface area (Å²) in [7, 11) is 1.63. The number of ketones is 1. The van der Waals surface area contributed by atoms with Crippen LogP contribution in [0.25, 0.3) is 0 Å². The van der Waals surface area contributed by atoms with Crippen LogP contribution < -0.4 is 5.32 Å². The molecule has 10 fully saturated rings. The summed E-state index contributed by atoms with van der Waals surface area (Å²) in [6.45, 7) is 16.5. The molecule has 10 aliphatic rings. The van der Waals surface area contributed by atoms with E-state index < -0.39 is 41.9 Å². The summed E-state index contributed by atoms with van der Waals surface area (Å²) in [6.07, 6.45) is 2.78. The lowest BCUT2D eigenvalue weighted by Gasteiger charge is -2.47. The predicted octanol–water partition coefficient (Wildman–Crippen LogP) is 5.00. The van der Waals surface area contributed by atoms with E-state index in [2.05, 4.69) is 25.4 Å². The molecule has 19 atom stereocenters. The summed E-state index contributed by atoms with van der Waals surface area (Å²) in [5.41, 5.74) is 1.48. The zero-order valence-corrected chi connectivity index (χ0v) is 35.6. The highest BCUT2D eigenvalue weighted by molar-refractivity contribution is 5.79. The van der Waals surface area contributed by atoms with E-state index >= 15 is 0 Å². The molecule has 10 heterocycles. The van der Waals surface area contributed by atoms with Crippen molar-refractivity contribution in [3.8, 4) is 0 Å². The van der Waals surface area contributed by atoms with Crippen LogP contribution in [-0.2, 0) is 52.2 Å². The average Bonchev–Trinajstić information content (AvgIpc) is 3.85. The first kappa shape index (κ1) is 42.3. The van der Waals surface area contributed by atoms with E-state index in [1.54, 1.807) is 27.9 Å². The molecular weight excluding hydrogens is 762 g/mol.